The maximum atomic E-state index is 12.3. The molecule has 3 rings (SSSR count). The summed E-state index contributed by atoms with van der Waals surface area (Å²) < 4.78 is 11.7. The van der Waals surface area contributed by atoms with Gasteiger partial charge in [0.25, 0.3) is 0 Å². The Bertz CT molecular complexity index is 751. The molecule has 1 unspecified atom stereocenters. The third-order valence-electron chi connectivity index (χ3n) is 4.49. The second-order valence-electron chi connectivity index (χ2n) is 6.55. The number of hydrogen-bond acceptors (Lipinski definition) is 4. The van der Waals surface area contributed by atoms with Gasteiger partial charge in [0, 0.05) is 18.1 Å². The molecule has 0 saturated carbocycles. The number of para-hydroxylation sites is 2. The fourth-order valence-corrected chi connectivity index (χ4v) is 3.13. The van der Waals surface area contributed by atoms with Gasteiger partial charge in [0.2, 0.25) is 5.91 Å². The van der Waals surface area contributed by atoms with E-state index in [1.165, 1.54) is 0 Å². The van der Waals surface area contributed by atoms with E-state index in [9.17, 15) is 4.79 Å². The zero-order valence-corrected chi connectivity index (χ0v) is 16.2. The largest absolute Gasteiger partial charge is 0.486 e. The van der Waals surface area contributed by atoms with Crippen molar-refractivity contribution in [3.63, 3.8) is 0 Å². The molecule has 1 N–H and O–H groups in total. The molecule has 0 bridgehead atoms. The molecular formula is C21H25ClN2O3. The summed E-state index contributed by atoms with van der Waals surface area (Å²) in [4.78, 5) is 14.3. The highest BCUT2D eigenvalue weighted by Gasteiger charge is 2.23. The highest BCUT2D eigenvalue weighted by Crippen LogP contribution is 2.30. The molecule has 6 heteroatoms. The quantitative estimate of drug-likeness (QED) is 0.754. The molecule has 0 aliphatic carbocycles. The molecule has 0 aromatic heterocycles. The van der Waals surface area contributed by atoms with E-state index in [1.54, 1.807) is 0 Å². The predicted octanol–water partition coefficient (Wildman–Crippen LogP) is 3.16. The van der Waals surface area contributed by atoms with Crippen molar-refractivity contribution in [3.05, 3.63) is 59.1 Å². The number of nitrogens with one attached hydrogen (secondary N) is 1. The summed E-state index contributed by atoms with van der Waals surface area (Å²) in [7, 11) is 0. The van der Waals surface area contributed by atoms with Gasteiger partial charge in [-0.1, -0.05) is 42.8 Å². The maximum absolute atomic E-state index is 12.3. The topological polar surface area (TPSA) is 50.8 Å². The van der Waals surface area contributed by atoms with Gasteiger partial charge in [-0.05, 0) is 42.8 Å². The van der Waals surface area contributed by atoms with Crippen LogP contribution < -0.4 is 14.8 Å². The van der Waals surface area contributed by atoms with Crippen LogP contribution >= 0.6 is 11.6 Å². The predicted molar refractivity (Wildman–Crippen MR) is 107 cm³/mol. The molecule has 0 fully saturated rings. The normalized spacial score (nSPS) is 15.6. The number of carbonyl (C=O) groups excluding carboxylic acids is 1. The molecule has 0 spiro atoms. The van der Waals surface area contributed by atoms with Crippen LogP contribution in [0, 0.1) is 0 Å². The van der Waals surface area contributed by atoms with E-state index in [0.29, 0.717) is 26.2 Å². The lowest BCUT2D eigenvalue weighted by atomic mass is 10.1. The van der Waals surface area contributed by atoms with Crippen LogP contribution in [-0.2, 0) is 11.2 Å². The van der Waals surface area contributed by atoms with Gasteiger partial charge in [-0.3, -0.25) is 9.69 Å². The standard InChI is InChI=1S/C21H25ClN2O3/c1-2-24(13-18-15-26-19-5-3-4-6-20(19)27-18)14-21(25)23-12-11-16-7-9-17(22)10-8-16/h3-10,18H,2,11-15H2,1H3,(H,23,25). The summed E-state index contributed by atoms with van der Waals surface area (Å²) in [6.07, 6.45) is 0.701. The zero-order valence-electron chi connectivity index (χ0n) is 15.5. The van der Waals surface area contributed by atoms with Crippen molar-refractivity contribution in [1.82, 2.24) is 10.2 Å². The number of amides is 1. The van der Waals surface area contributed by atoms with E-state index in [1.807, 2.05) is 55.5 Å². The lowest BCUT2D eigenvalue weighted by Gasteiger charge is -2.30. The van der Waals surface area contributed by atoms with Gasteiger partial charge in [-0.2, -0.15) is 0 Å². The molecule has 5 nitrogen and oxygen atoms in total. The SMILES string of the molecule is CCN(CC(=O)NCCc1ccc(Cl)cc1)CC1COc2ccccc2O1. The fraction of sp³-hybridized carbons (Fsp3) is 0.381. The van der Waals surface area contributed by atoms with Crippen molar-refractivity contribution in [3.8, 4) is 11.5 Å². The number of hydrogen-bond donors (Lipinski definition) is 1. The Morgan fingerprint density at radius 2 is 1.93 bits per heavy atom. The number of nitrogens with zero attached hydrogens (tertiary/aromatic N) is 1. The number of halogens is 1. The van der Waals surface area contributed by atoms with Crippen LogP contribution in [0.1, 0.15) is 12.5 Å². The smallest absolute Gasteiger partial charge is 0.234 e. The van der Waals surface area contributed by atoms with E-state index in [0.717, 1.165) is 35.1 Å². The average molecular weight is 389 g/mol. The van der Waals surface area contributed by atoms with Crippen LogP contribution in [0.4, 0.5) is 0 Å². The van der Waals surface area contributed by atoms with E-state index >= 15 is 0 Å². The van der Waals surface area contributed by atoms with Crippen molar-refractivity contribution in [2.45, 2.75) is 19.4 Å². The first-order chi connectivity index (χ1) is 13.1. The van der Waals surface area contributed by atoms with Crippen molar-refractivity contribution in [2.75, 3.05) is 32.8 Å². The highest BCUT2D eigenvalue weighted by atomic mass is 35.5. The summed E-state index contributed by atoms with van der Waals surface area (Å²) in [6, 6.07) is 15.3. The van der Waals surface area contributed by atoms with E-state index in [2.05, 4.69) is 10.2 Å². The first-order valence-corrected chi connectivity index (χ1v) is 9.64. The molecule has 1 heterocycles. The van der Waals surface area contributed by atoms with Crippen molar-refractivity contribution in [2.24, 2.45) is 0 Å². The van der Waals surface area contributed by atoms with Crippen molar-refractivity contribution < 1.29 is 14.3 Å². The fourth-order valence-electron chi connectivity index (χ4n) is 3.00. The van der Waals surface area contributed by atoms with Crippen LogP contribution in [-0.4, -0.2) is 49.7 Å². The number of fused-ring (bicyclic) bond motifs is 1. The number of benzene rings is 2. The Morgan fingerprint density at radius 1 is 1.19 bits per heavy atom. The van der Waals surface area contributed by atoms with Crippen LogP contribution in [0.2, 0.25) is 5.02 Å². The maximum Gasteiger partial charge on any atom is 0.234 e. The molecule has 0 saturated heterocycles. The van der Waals surface area contributed by atoms with Gasteiger partial charge < -0.3 is 14.8 Å². The molecule has 1 aliphatic heterocycles. The minimum Gasteiger partial charge on any atom is -0.486 e. The summed E-state index contributed by atoms with van der Waals surface area (Å²) >= 11 is 5.88. The molecule has 1 atom stereocenters. The minimum absolute atomic E-state index is 0.0166. The number of likely N-dealkylation sites (N-methyl/N-ethyl adjacent to an activating group) is 1. The third-order valence-corrected chi connectivity index (χ3v) is 4.74. The monoisotopic (exact) mass is 388 g/mol. The molecule has 0 radical (unpaired) electrons. The Morgan fingerprint density at radius 3 is 2.67 bits per heavy atom. The Balaban J connectivity index is 1.41. The molecule has 144 valence electrons. The van der Waals surface area contributed by atoms with Crippen molar-refractivity contribution >= 4 is 17.5 Å². The summed E-state index contributed by atoms with van der Waals surface area (Å²) in [5.74, 6) is 1.55. The molecule has 1 aliphatic rings. The van der Waals surface area contributed by atoms with Gasteiger partial charge >= 0.3 is 0 Å². The summed E-state index contributed by atoms with van der Waals surface area (Å²) in [6.45, 7) is 4.90. The lowest BCUT2D eigenvalue weighted by molar-refractivity contribution is -0.122. The van der Waals surface area contributed by atoms with Crippen LogP contribution in [0.5, 0.6) is 11.5 Å². The second kappa shape index (κ2) is 9.62. The molecule has 2 aromatic rings. The highest BCUT2D eigenvalue weighted by molar-refractivity contribution is 6.30. The van der Waals surface area contributed by atoms with E-state index in [4.69, 9.17) is 21.1 Å². The number of ether oxygens (including phenoxy) is 2. The molecule has 2 aromatic carbocycles. The van der Waals surface area contributed by atoms with Gasteiger partial charge in [-0.25, -0.2) is 0 Å². The zero-order chi connectivity index (χ0) is 19.1. The molecule has 27 heavy (non-hydrogen) atoms. The van der Waals surface area contributed by atoms with E-state index in [-0.39, 0.29) is 12.0 Å². The van der Waals surface area contributed by atoms with Crippen LogP contribution in [0.15, 0.2) is 48.5 Å². The minimum atomic E-state index is -0.0817. The van der Waals surface area contributed by atoms with Gasteiger partial charge in [0.15, 0.2) is 11.5 Å². The van der Waals surface area contributed by atoms with Crippen molar-refractivity contribution in [1.29, 1.82) is 0 Å². The first kappa shape index (κ1) is 19.5. The summed E-state index contributed by atoms with van der Waals surface area (Å²) in [5, 5.41) is 3.70. The first-order valence-electron chi connectivity index (χ1n) is 9.26. The van der Waals surface area contributed by atoms with Crippen LogP contribution in [0.3, 0.4) is 0 Å². The third kappa shape index (κ3) is 5.88. The van der Waals surface area contributed by atoms with Gasteiger partial charge in [0.1, 0.15) is 12.7 Å². The Hall–Kier alpha value is -2.24. The molecular weight excluding hydrogens is 364 g/mol. The number of rotatable bonds is 8. The lowest BCUT2D eigenvalue weighted by Crippen LogP contribution is -2.45. The second-order valence-corrected chi connectivity index (χ2v) is 6.99. The summed E-state index contributed by atoms with van der Waals surface area (Å²) in [5.41, 5.74) is 1.15. The molecule has 1 amide bonds. The average Bonchev–Trinajstić information content (AvgIpc) is 2.69. The Kier molecular flexibility index (Phi) is 6.96. The Labute approximate surface area is 165 Å². The number of carbonyl (C=O) groups is 1. The van der Waals surface area contributed by atoms with Crippen LogP contribution in [0.25, 0.3) is 0 Å². The van der Waals surface area contributed by atoms with E-state index < -0.39 is 0 Å². The van der Waals surface area contributed by atoms with Gasteiger partial charge in [0.05, 0.1) is 6.54 Å². The van der Waals surface area contributed by atoms with Gasteiger partial charge in [-0.15, -0.1) is 0 Å².